The number of Topliss-reactive ketones (excluding diaryl/α,β-unsaturated/α-hetero) is 1. The van der Waals surface area contributed by atoms with Gasteiger partial charge in [-0.05, 0) is 60.8 Å². The molecular formula is C14H18BrNO2. The van der Waals surface area contributed by atoms with Gasteiger partial charge >= 0.3 is 0 Å². The molecule has 4 heteroatoms. The SMILES string of the molecule is CC(=O)c1ccc(N2CCC(C)(O)CC2)c(Br)c1. The van der Waals surface area contributed by atoms with Gasteiger partial charge in [0.1, 0.15) is 0 Å². The highest BCUT2D eigenvalue weighted by Gasteiger charge is 2.28. The summed E-state index contributed by atoms with van der Waals surface area (Å²) in [5.74, 6) is 0.0730. The molecule has 1 aliphatic heterocycles. The van der Waals surface area contributed by atoms with Crippen molar-refractivity contribution in [2.24, 2.45) is 0 Å². The number of aliphatic hydroxyl groups is 1. The van der Waals surface area contributed by atoms with Crippen molar-refractivity contribution in [3.63, 3.8) is 0 Å². The number of hydrogen-bond donors (Lipinski definition) is 1. The Hall–Kier alpha value is -0.870. The minimum absolute atomic E-state index is 0.0730. The van der Waals surface area contributed by atoms with E-state index in [-0.39, 0.29) is 5.78 Å². The molecule has 1 aromatic rings. The highest BCUT2D eigenvalue weighted by Crippen LogP contribution is 2.32. The molecule has 0 aliphatic carbocycles. The van der Waals surface area contributed by atoms with Crippen molar-refractivity contribution in [1.82, 2.24) is 0 Å². The second-order valence-corrected chi connectivity index (χ2v) is 6.06. The van der Waals surface area contributed by atoms with Gasteiger partial charge < -0.3 is 10.0 Å². The van der Waals surface area contributed by atoms with Crippen molar-refractivity contribution >= 4 is 27.4 Å². The van der Waals surface area contributed by atoms with Crippen LogP contribution in [0.4, 0.5) is 5.69 Å². The molecule has 1 aliphatic rings. The maximum absolute atomic E-state index is 11.3. The van der Waals surface area contributed by atoms with Gasteiger partial charge in [0.15, 0.2) is 5.78 Å². The van der Waals surface area contributed by atoms with E-state index in [2.05, 4.69) is 20.8 Å². The average Bonchev–Trinajstić information content (AvgIpc) is 2.29. The summed E-state index contributed by atoms with van der Waals surface area (Å²) in [4.78, 5) is 13.5. The number of carbonyl (C=O) groups excluding carboxylic acids is 1. The van der Waals surface area contributed by atoms with E-state index < -0.39 is 5.60 Å². The summed E-state index contributed by atoms with van der Waals surface area (Å²) in [6, 6.07) is 5.69. The van der Waals surface area contributed by atoms with E-state index in [1.807, 2.05) is 25.1 Å². The number of nitrogens with zero attached hydrogens (tertiary/aromatic N) is 1. The Labute approximate surface area is 116 Å². The third kappa shape index (κ3) is 2.93. The minimum Gasteiger partial charge on any atom is -0.390 e. The standard InChI is InChI=1S/C14H18BrNO2/c1-10(17)11-3-4-13(12(15)9-11)16-7-5-14(2,18)6-8-16/h3-4,9,18H,5-8H2,1-2H3. The van der Waals surface area contributed by atoms with E-state index in [9.17, 15) is 9.90 Å². The zero-order valence-corrected chi connectivity index (χ0v) is 12.3. The van der Waals surface area contributed by atoms with Crippen LogP contribution in [0.1, 0.15) is 37.0 Å². The number of anilines is 1. The smallest absolute Gasteiger partial charge is 0.159 e. The van der Waals surface area contributed by atoms with Gasteiger partial charge in [-0.2, -0.15) is 0 Å². The van der Waals surface area contributed by atoms with Gasteiger partial charge in [-0.25, -0.2) is 0 Å². The van der Waals surface area contributed by atoms with Crippen LogP contribution < -0.4 is 4.90 Å². The van der Waals surface area contributed by atoms with Crippen LogP contribution in [-0.2, 0) is 0 Å². The lowest BCUT2D eigenvalue weighted by atomic mass is 9.93. The first kappa shape index (κ1) is 13.6. The number of benzene rings is 1. The van der Waals surface area contributed by atoms with Gasteiger partial charge in [-0.3, -0.25) is 4.79 Å². The maximum Gasteiger partial charge on any atom is 0.159 e. The molecule has 1 saturated heterocycles. The van der Waals surface area contributed by atoms with Crippen LogP contribution in [0.2, 0.25) is 0 Å². The van der Waals surface area contributed by atoms with Crippen LogP contribution >= 0.6 is 15.9 Å². The predicted molar refractivity (Wildman–Crippen MR) is 76.2 cm³/mol. The number of halogens is 1. The van der Waals surface area contributed by atoms with Crippen LogP contribution in [0.5, 0.6) is 0 Å². The molecule has 0 spiro atoms. The van der Waals surface area contributed by atoms with Crippen molar-refractivity contribution in [3.8, 4) is 0 Å². The molecule has 2 rings (SSSR count). The van der Waals surface area contributed by atoms with Gasteiger partial charge in [-0.15, -0.1) is 0 Å². The first-order valence-electron chi connectivity index (χ1n) is 6.17. The number of carbonyl (C=O) groups is 1. The molecule has 0 bridgehead atoms. The Balaban J connectivity index is 2.17. The number of piperidine rings is 1. The molecule has 0 atom stereocenters. The van der Waals surface area contributed by atoms with Crippen LogP contribution in [0.3, 0.4) is 0 Å². The summed E-state index contributed by atoms with van der Waals surface area (Å²) < 4.78 is 0.941. The fraction of sp³-hybridized carbons (Fsp3) is 0.500. The fourth-order valence-corrected chi connectivity index (χ4v) is 2.84. The number of ketones is 1. The molecule has 1 fully saturated rings. The third-order valence-corrected chi connectivity index (χ3v) is 4.17. The van der Waals surface area contributed by atoms with Crippen LogP contribution in [0, 0.1) is 0 Å². The molecule has 0 aromatic heterocycles. The molecule has 0 radical (unpaired) electrons. The van der Waals surface area contributed by atoms with E-state index in [1.165, 1.54) is 0 Å². The first-order valence-corrected chi connectivity index (χ1v) is 6.96. The van der Waals surface area contributed by atoms with E-state index in [0.29, 0.717) is 0 Å². The zero-order chi connectivity index (χ0) is 13.3. The summed E-state index contributed by atoms with van der Waals surface area (Å²) in [6.45, 7) is 5.13. The molecule has 98 valence electrons. The molecular weight excluding hydrogens is 294 g/mol. The topological polar surface area (TPSA) is 40.5 Å². The lowest BCUT2D eigenvalue weighted by Crippen LogP contribution is -2.42. The highest BCUT2D eigenvalue weighted by atomic mass is 79.9. The van der Waals surface area contributed by atoms with Crippen molar-refractivity contribution < 1.29 is 9.90 Å². The van der Waals surface area contributed by atoms with E-state index >= 15 is 0 Å². The van der Waals surface area contributed by atoms with Gasteiger partial charge in [-0.1, -0.05) is 0 Å². The van der Waals surface area contributed by atoms with E-state index in [4.69, 9.17) is 0 Å². The summed E-state index contributed by atoms with van der Waals surface area (Å²) in [7, 11) is 0. The third-order valence-electron chi connectivity index (χ3n) is 3.54. The van der Waals surface area contributed by atoms with Gasteiger partial charge in [0.2, 0.25) is 0 Å². The Bertz CT molecular complexity index is 461. The monoisotopic (exact) mass is 311 g/mol. The number of rotatable bonds is 2. The quantitative estimate of drug-likeness (QED) is 0.854. The van der Waals surface area contributed by atoms with Gasteiger partial charge in [0.05, 0.1) is 11.3 Å². The summed E-state index contributed by atoms with van der Waals surface area (Å²) in [6.07, 6.45) is 1.54. The van der Waals surface area contributed by atoms with Gasteiger partial charge in [0, 0.05) is 23.1 Å². The second kappa shape index (κ2) is 5.02. The second-order valence-electron chi connectivity index (χ2n) is 5.21. The summed E-state index contributed by atoms with van der Waals surface area (Å²) >= 11 is 3.52. The van der Waals surface area contributed by atoms with E-state index in [0.717, 1.165) is 41.7 Å². The molecule has 18 heavy (non-hydrogen) atoms. The Morgan fingerprint density at radius 3 is 2.50 bits per heavy atom. The molecule has 0 unspecified atom stereocenters. The van der Waals surface area contributed by atoms with E-state index in [1.54, 1.807) is 6.92 Å². The Morgan fingerprint density at radius 1 is 1.39 bits per heavy atom. The Kier molecular flexibility index (Phi) is 3.78. The van der Waals surface area contributed by atoms with Crippen molar-refractivity contribution in [3.05, 3.63) is 28.2 Å². The Morgan fingerprint density at radius 2 is 2.00 bits per heavy atom. The normalized spacial score (nSPS) is 18.8. The lowest BCUT2D eigenvalue weighted by Gasteiger charge is -2.37. The zero-order valence-electron chi connectivity index (χ0n) is 10.7. The molecule has 0 saturated carbocycles. The molecule has 1 heterocycles. The first-order chi connectivity index (χ1) is 8.39. The highest BCUT2D eigenvalue weighted by molar-refractivity contribution is 9.10. The van der Waals surface area contributed by atoms with Crippen LogP contribution in [0.25, 0.3) is 0 Å². The van der Waals surface area contributed by atoms with Crippen molar-refractivity contribution in [1.29, 1.82) is 0 Å². The van der Waals surface area contributed by atoms with Crippen LogP contribution in [-0.4, -0.2) is 29.6 Å². The molecule has 1 N–H and O–H groups in total. The minimum atomic E-state index is -0.539. The molecule has 3 nitrogen and oxygen atoms in total. The molecule has 1 aromatic carbocycles. The maximum atomic E-state index is 11.3. The average molecular weight is 312 g/mol. The lowest BCUT2D eigenvalue weighted by molar-refractivity contribution is 0.0351. The van der Waals surface area contributed by atoms with Crippen molar-refractivity contribution in [2.45, 2.75) is 32.3 Å². The largest absolute Gasteiger partial charge is 0.390 e. The van der Waals surface area contributed by atoms with Gasteiger partial charge in [0.25, 0.3) is 0 Å². The van der Waals surface area contributed by atoms with Crippen molar-refractivity contribution in [2.75, 3.05) is 18.0 Å². The summed E-state index contributed by atoms with van der Waals surface area (Å²) in [5, 5.41) is 9.94. The number of hydrogen-bond acceptors (Lipinski definition) is 3. The predicted octanol–water partition coefficient (Wildman–Crippen LogP) is 3.00. The molecule has 0 amide bonds. The summed E-state index contributed by atoms with van der Waals surface area (Å²) in [5.41, 5.74) is 1.27. The fourth-order valence-electron chi connectivity index (χ4n) is 2.21. The van der Waals surface area contributed by atoms with Crippen LogP contribution in [0.15, 0.2) is 22.7 Å².